The summed E-state index contributed by atoms with van der Waals surface area (Å²) in [6.07, 6.45) is 3.40. The van der Waals surface area contributed by atoms with E-state index in [1.54, 1.807) is 0 Å². The van der Waals surface area contributed by atoms with Crippen LogP contribution in [0.1, 0.15) is 18.1 Å². The van der Waals surface area contributed by atoms with Crippen LogP contribution in [0.3, 0.4) is 0 Å². The number of hydrogen-bond donors (Lipinski definition) is 0. The first-order valence-electron chi connectivity index (χ1n) is 6.33. The lowest BCUT2D eigenvalue weighted by molar-refractivity contribution is 1.17. The van der Waals surface area contributed by atoms with Crippen LogP contribution in [0.2, 0.25) is 0 Å². The number of para-hydroxylation sites is 1. The third-order valence-electron chi connectivity index (χ3n) is 3.54. The van der Waals surface area contributed by atoms with Crippen molar-refractivity contribution in [1.82, 2.24) is 0 Å². The molecule has 0 N–H and O–H groups in total. The van der Waals surface area contributed by atoms with E-state index in [0.717, 1.165) is 6.42 Å². The third-order valence-corrected chi connectivity index (χ3v) is 3.54. The fraction of sp³-hybridized carbons (Fsp3) is 0.176. The summed E-state index contributed by atoms with van der Waals surface area (Å²) < 4.78 is 0. The Morgan fingerprint density at radius 1 is 0.944 bits per heavy atom. The molecule has 3 rings (SSSR count). The van der Waals surface area contributed by atoms with Gasteiger partial charge in [-0.05, 0) is 37.1 Å². The summed E-state index contributed by atoms with van der Waals surface area (Å²) in [6.45, 7) is 2.20. The fourth-order valence-electron chi connectivity index (χ4n) is 2.60. The molecule has 1 aliphatic rings. The van der Waals surface area contributed by atoms with Gasteiger partial charge in [-0.2, -0.15) is 0 Å². The molecule has 1 heteroatoms. The molecular formula is C17H17N. The number of nitrogens with zero attached hydrogens (tertiary/aromatic N) is 1. The summed E-state index contributed by atoms with van der Waals surface area (Å²) in [5.41, 5.74) is 6.77. The van der Waals surface area contributed by atoms with Gasteiger partial charge >= 0.3 is 0 Å². The molecule has 0 bridgehead atoms. The smallest absolute Gasteiger partial charge is 0.0484 e. The van der Waals surface area contributed by atoms with E-state index in [0.29, 0.717) is 0 Å². The van der Waals surface area contributed by atoms with Crippen LogP contribution in [-0.2, 0) is 6.42 Å². The number of fused-ring (bicyclic) bond motifs is 1. The van der Waals surface area contributed by atoms with E-state index < -0.39 is 0 Å². The third kappa shape index (κ3) is 1.82. The Morgan fingerprint density at radius 2 is 1.72 bits per heavy atom. The molecule has 2 aromatic carbocycles. The highest BCUT2D eigenvalue weighted by Crippen LogP contribution is 2.35. The van der Waals surface area contributed by atoms with Gasteiger partial charge in [-0.3, -0.25) is 0 Å². The van der Waals surface area contributed by atoms with Crippen LogP contribution < -0.4 is 4.90 Å². The quantitative estimate of drug-likeness (QED) is 0.745. The van der Waals surface area contributed by atoms with Crippen LogP contribution in [0.5, 0.6) is 0 Å². The first-order valence-corrected chi connectivity index (χ1v) is 6.33. The topological polar surface area (TPSA) is 3.24 Å². The second kappa shape index (κ2) is 4.34. The molecule has 0 spiro atoms. The predicted octanol–water partition coefficient (Wildman–Crippen LogP) is 4.41. The molecule has 0 aromatic heterocycles. The Balaban J connectivity index is 2.06. The molecule has 0 heterocycles. The van der Waals surface area contributed by atoms with Gasteiger partial charge in [0, 0.05) is 24.0 Å². The lowest BCUT2D eigenvalue weighted by atomic mass is 10.1. The lowest BCUT2D eigenvalue weighted by Gasteiger charge is -2.22. The largest absolute Gasteiger partial charge is 0.344 e. The van der Waals surface area contributed by atoms with Gasteiger partial charge in [-0.25, -0.2) is 0 Å². The Kier molecular flexibility index (Phi) is 2.67. The van der Waals surface area contributed by atoms with E-state index in [2.05, 4.69) is 73.5 Å². The summed E-state index contributed by atoms with van der Waals surface area (Å²) >= 11 is 0. The highest BCUT2D eigenvalue weighted by Gasteiger charge is 2.15. The molecule has 0 radical (unpaired) electrons. The van der Waals surface area contributed by atoms with Crippen LogP contribution in [0.25, 0.3) is 6.08 Å². The van der Waals surface area contributed by atoms with Crippen molar-refractivity contribution in [2.75, 3.05) is 11.9 Å². The van der Waals surface area contributed by atoms with Crippen molar-refractivity contribution in [1.29, 1.82) is 0 Å². The average Bonchev–Trinajstić information content (AvgIpc) is 2.79. The van der Waals surface area contributed by atoms with Crippen LogP contribution in [0, 0.1) is 0 Å². The maximum atomic E-state index is 2.31. The number of allylic oxidation sites excluding steroid dienone is 1. The zero-order valence-electron chi connectivity index (χ0n) is 10.9. The van der Waals surface area contributed by atoms with Gasteiger partial charge in [0.2, 0.25) is 0 Å². The van der Waals surface area contributed by atoms with Crippen molar-refractivity contribution in [3.05, 3.63) is 65.2 Å². The molecule has 1 nitrogen and oxygen atoms in total. The summed E-state index contributed by atoms with van der Waals surface area (Å²) in [7, 11) is 2.13. The van der Waals surface area contributed by atoms with E-state index in [1.807, 2.05) is 0 Å². The summed E-state index contributed by atoms with van der Waals surface area (Å²) in [5, 5.41) is 0. The molecule has 0 aliphatic heterocycles. The minimum Gasteiger partial charge on any atom is -0.344 e. The van der Waals surface area contributed by atoms with Gasteiger partial charge in [0.15, 0.2) is 0 Å². The number of anilines is 2. The average molecular weight is 235 g/mol. The van der Waals surface area contributed by atoms with Gasteiger partial charge in [0.1, 0.15) is 0 Å². The maximum Gasteiger partial charge on any atom is 0.0484 e. The zero-order valence-corrected chi connectivity index (χ0v) is 10.9. The maximum absolute atomic E-state index is 2.31. The van der Waals surface area contributed by atoms with Gasteiger partial charge in [0.25, 0.3) is 0 Å². The molecule has 1 aliphatic carbocycles. The molecule has 0 atom stereocenters. The Bertz CT molecular complexity index is 596. The van der Waals surface area contributed by atoms with E-state index in [9.17, 15) is 0 Å². The number of benzene rings is 2. The Hall–Kier alpha value is -2.02. The highest BCUT2D eigenvalue weighted by molar-refractivity contribution is 5.79. The van der Waals surface area contributed by atoms with Crippen LogP contribution >= 0.6 is 0 Å². The highest BCUT2D eigenvalue weighted by atomic mass is 15.1. The standard InChI is InChI=1S/C17H17N/c1-13-11-14-7-6-10-17(16(14)12-13)18(2)15-8-4-3-5-9-15/h3-10,12H,11H2,1-2H3. The van der Waals surface area contributed by atoms with Crippen molar-refractivity contribution in [2.24, 2.45) is 0 Å². The van der Waals surface area contributed by atoms with E-state index in [4.69, 9.17) is 0 Å². The molecule has 2 aromatic rings. The minimum atomic E-state index is 1.09. The summed E-state index contributed by atoms with van der Waals surface area (Å²) in [5.74, 6) is 0. The molecule has 0 saturated carbocycles. The summed E-state index contributed by atoms with van der Waals surface area (Å²) in [6, 6.07) is 17.1. The zero-order chi connectivity index (χ0) is 12.5. The van der Waals surface area contributed by atoms with E-state index in [-0.39, 0.29) is 0 Å². The van der Waals surface area contributed by atoms with Gasteiger partial charge in [0.05, 0.1) is 0 Å². The molecule has 0 unspecified atom stereocenters. The van der Waals surface area contributed by atoms with Gasteiger partial charge in [-0.1, -0.05) is 42.0 Å². The Morgan fingerprint density at radius 3 is 2.50 bits per heavy atom. The normalized spacial score (nSPS) is 13.1. The van der Waals surface area contributed by atoms with Crippen molar-refractivity contribution < 1.29 is 0 Å². The van der Waals surface area contributed by atoms with Crippen LogP contribution in [-0.4, -0.2) is 7.05 Å². The van der Waals surface area contributed by atoms with Crippen molar-refractivity contribution in [2.45, 2.75) is 13.3 Å². The monoisotopic (exact) mass is 235 g/mol. The number of hydrogen-bond acceptors (Lipinski definition) is 1. The Labute approximate surface area is 108 Å². The fourth-order valence-corrected chi connectivity index (χ4v) is 2.60. The first-order chi connectivity index (χ1) is 8.75. The first kappa shape index (κ1) is 11.1. The second-order valence-electron chi connectivity index (χ2n) is 4.91. The van der Waals surface area contributed by atoms with Gasteiger partial charge in [-0.15, -0.1) is 0 Å². The second-order valence-corrected chi connectivity index (χ2v) is 4.91. The van der Waals surface area contributed by atoms with Gasteiger partial charge < -0.3 is 4.90 Å². The molecule has 0 fully saturated rings. The van der Waals surface area contributed by atoms with Crippen molar-refractivity contribution in [3.63, 3.8) is 0 Å². The van der Waals surface area contributed by atoms with Crippen molar-refractivity contribution >= 4 is 17.5 Å². The lowest BCUT2D eigenvalue weighted by Crippen LogP contribution is -2.10. The van der Waals surface area contributed by atoms with Crippen molar-refractivity contribution in [3.8, 4) is 0 Å². The van der Waals surface area contributed by atoms with Crippen LogP contribution in [0.4, 0.5) is 11.4 Å². The molecule has 0 saturated heterocycles. The minimum absolute atomic E-state index is 1.09. The van der Waals surface area contributed by atoms with Crippen LogP contribution in [0.15, 0.2) is 54.1 Å². The predicted molar refractivity (Wildman–Crippen MR) is 78.3 cm³/mol. The molecular weight excluding hydrogens is 218 g/mol. The van der Waals surface area contributed by atoms with E-state index >= 15 is 0 Å². The number of rotatable bonds is 2. The SMILES string of the molecule is CC1=Cc2c(cccc2N(C)c2ccccc2)C1. The van der Waals surface area contributed by atoms with E-state index in [1.165, 1.54) is 28.1 Å². The summed E-state index contributed by atoms with van der Waals surface area (Å²) in [4.78, 5) is 2.26. The molecule has 18 heavy (non-hydrogen) atoms. The molecule has 90 valence electrons. The molecule has 0 amide bonds.